The summed E-state index contributed by atoms with van der Waals surface area (Å²) in [6.45, 7) is 8.43. The highest BCUT2D eigenvalue weighted by atomic mass is 32.2. The van der Waals surface area contributed by atoms with Crippen molar-refractivity contribution in [1.82, 2.24) is 4.72 Å². The molecule has 1 atom stereocenters. The Labute approximate surface area is 80.2 Å². The Morgan fingerprint density at radius 1 is 1.83 bits per heavy atom. The molecule has 1 aliphatic heterocycles. The van der Waals surface area contributed by atoms with E-state index < -0.39 is 0 Å². The molecule has 0 radical (unpaired) electrons. The second-order valence-corrected chi connectivity index (χ2v) is 4.59. The monoisotopic (exact) mass is 181 g/mol. The SMILES string of the molecule is BC1CC(=C)/C(=C(\C)CC)NS1. The van der Waals surface area contributed by atoms with Gasteiger partial charge in [-0.15, -0.1) is 0 Å². The van der Waals surface area contributed by atoms with Crippen molar-refractivity contribution in [2.45, 2.75) is 31.8 Å². The van der Waals surface area contributed by atoms with Gasteiger partial charge in [0.2, 0.25) is 0 Å². The molecule has 66 valence electrons. The predicted molar refractivity (Wildman–Crippen MR) is 59.8 cm³/mol. The van der Waals surface area contributed by atoms with Gasteiger partial charge in [0.15, 0.2) is 0 Å². The zero-order chi connectivity index (χ0) is 9.14. The topological polar surface area (TPSA) is 12.0 Å². The van der Waals surface area contributed by atoms with Gasteiger partial charge in [0.1, 0.15) is 7.85 Å². The van der Waals surface area contributed by atoms with E-state index in [-0.39, 0.29) is 0 Å². The fourth-order valence-electron chi connectivity index (χ4n) is 1.29. The first-order valence-electron chi connectivity index (χ1n) is 4.44. The van der Waals surface area contributed by atoms with Gasteiger partial charge >= 0.3 is 0 Å². The third kappa shape index (κ3) is 2.10. The summed E-state index contributed by atoms with van der Waals surface area (Å²) in [7, 11) is 2.22. The molecule has 0 spiro atoms. The summed E-state index contributed by atoms with van der Waals surface area (Å²) >= 11 is 1.80. The molecule has 0 aromatic carbocycles. The van der Waals surface area contributed by atoms with Gasteiger partial charge in [-0.1, -0.05) is 25.5 Å². The first kappa shape index (κ1) is 9.78. The molecule has 12 heavy (non-hydrogen) atoms. The van der Waals surface area contributed by atoms with Crippen molar-refractivity contribution < 1.29 is 0 Å². The van der Waals surface area contributed by atoms with Crippen LogP contribution in [-0.4, -0.2) is 13.0 Å². The van der Waals surface area contributed by atoms with Gasteiger partial charge in [0.05, 0.1) is 0 Å². The molecule has 1 unspecified atom stereocenters. The van der Waals surface area contributed by atoms with Gasteiger partial charge < -0.3 is 4.72 Å². The minimum atomic E-state index is 0.658. The average molecular weight is 181 g/mol. The van der Waals surface area contributed by atoms with Crippen LogP contribution in [0.3, 0.4) is 0 Å². The Kier molecular flexibility index (Phi) is 3.33. The van der Waals surface area contributed by atoms with Crippen LogP contribution in [-0.2, 0) is 0 Å². The van der Waals surface area contributed by atoms with E-state index >= 15 is 0 Å². The molecule has 0 aromatic heterocycles. The van der Waals surface area contributed by atoms with Gasteiger partial charge in [-0.25, -0.2) is 0 Å². The summed E-state index contributed by atoms with van der Waals surface area (Å²) in [5, 5.41) is 0.658. The van der Waals surface area contributed by atoms with Crippen LogP contribution in [0.5, 0.6) is 0 Å². The predicted octanol–water partition coefficient (Wildman–Crippen LogP) is 1.83. The normalized spacial score (nSPS) is 28.2. The average Bonchev–Trinajstić information content (AvgIpc) is 2.03. The first-order chi connectivity index (χ1) is 5.65. The van der Waals surface area contributed by atoms with Crippen LogP contribution in [0.4, 0.5) is 0 Å². The quantitative estimate of drug-likeness (QED) is 0.489. The summed E-state index contributed by atoms with van der Waals surface area (Å²) in [4.78, 5) is 0. The minimum Gasteiger partial charge on any atom is -0.330 e. The van der Waals surface area contributed by atoms with Crippen LogP contribution in [0.15, 0.2) is 23.4 Å². The summed E-state index contributed by atoms with van der Waals surface area (Å²) in [6.07, 6.45) is 2.22. The zero-order valence-electron chi connectivity index (χ0n) is 8.11. The maximum Gasteiger partial charge on any atom is 0.121 e. The fraction of sp³-hybridized carbons (Fsp3) is 0.556. The molecule has 1 aliphatic rings. The van der Waals surface area contributed by atoms with Gasteiger partial charge in [-0.3, -0.25) is 0 Å². The summed E-state index contributed by atoms with van der Waals surface area (Å²) in [6, 6.07) is 0. The van der Waals surface area contributed by atoms with Gasteiger partial charge in [-0.05, 0) is 36.1 Å². The highest BCUT2D eigenvalue weighted by Gasteiger charge is 2.16. The molecule has 1 fully saturated rings. The molecule has 1 heterocycles. The largest absolute Gasteiger partial charge is 0.330 e. The molecule has 3 heteroatoms. The number of allylic oxidation sites excluding steroid dienone is 2. The smallest absolute Gasteiger partial charge is 0.121 e. The molecule has 0 saturated carbocycles. The number of rotatable bonds is 1. The lowest BCUT2D eigenvalue weighted by molar-refractivity contribution is 0.942. The highest BCUT2D eigenvalue weighted by Crippen LogP contribution is 2.28. The van der Waals surface area contributed by atoms with Crippen molar-refractivity contribution in [1.29, 1.82) is 0 Å². The molecular weight excluding hydrogens is 165 g/mol. The molecule has 0 aliphatic carbocycles. The van der Waals surface area contributed by atoms with E-state index in [0.717, 1.165) is 12.8 Å². The zero-order valence-corrected chi connectivity index (χ0v) is 8.92. The Morgan fingerprint density at radius 3 is 3.00 bits per heavy atom. The Hall–Kier alpha value is -0.305. The van der Waals surface area contributed by atoms with Crippen LogP contribution in [0, 0.1) is 0 Å². The molecule has 0 aromatic rings. The molecule has 0 bridgehead atoms. The number of nitrogens with one attached hydrogen (secondary N) is 1. The second-order valence-electron chi connectivity index (χ2n) is 3.35. The van der Waals surface area contributed by atoms with E-state index in [9.17, 15) is 0 Å². The van der Waals surface area contributed by atoms with Crippen LogP contribution in [0.2, 0.25) is 0 Å². The van der Waals surface area contributed by atoms with E-state index in [1.54, 1.807) is 11.9 Å². The molecule has 1 rings (SSSR count). The fourth-order valence-corrected chi connectivity index (χ4v) is 2.21. The second kappa shape index (κ2) is 4.08. The number of hydrogen-bond acceptors (Lipinski definition) is 2. The van der Waals surface area contributed by atoms with Gasteiger partial charge in [0.25, 0.3) is 0 Å². The van der Waals surface area contributed by atoms with E-state index in [1.807, 2.05) is 0 Å². The van der Waals surface area contributed by atoms with Crippen molar-refractivity contribution in [3.8, 4) is 0 Å². The van der Waals surface area contributed by atoms with Crippen molar-refractivity contribution in [3.63, 3.8) is 0 Å². The van der Waals surface area contributed by atoms with E-state index in [2.05, 4.69) is 33.0 Å². The third-order valence-corrected chi connectivity index (χ3v) is 3.10. The molecule has 1 N–H and O–H groups in total. The Balaban J connectivity index is 2.75. The molecular formula is C9H16BNS. The van der Waals surface area contributed by atoms with E-state index in [1.165, 1.54) is 16.8 Å². The minimum absolute atomic E-state index is 0.658. The molecule has 1 nitrogen and oxygen atoms in total. The lowest BCUT2D eigenvalue weighted by atomic mass is 9.94. The summed E-state index contributed by atoms with van der Waals surface area (Å²) in [5.41, 5.74) is 3.96. The lowest BCUT2D eigenvalue weighted by Gasteiger charge is -2.25. The standard InChI is InChI=1S/C9H16BNS/c1-4-6(2)9-7(3)5-8(10)12-11-9/h8,11H,3-5,10H2,1-2H3/b9-6-. The maximum absolute atomic E-state index is 4.08. The van der Waals surface area contributed by atoms with Crippen molar-refractivity contribution in [2.24, 2.45) is 0 Å². The van der Waals surface area contributed by atoms with Gasteiger partial charge in [-0.2, -0.15) is 0 Å². The van der Waals surface area contributed by atoms with Crippen molar-refractivity contribution in [2.75, 3.05) is 0 Å². The third-order valence-electron chi connectivity index (χ3n) is 2.21. The Morgan fingerprint density at radius 2 is 2.50 bits per heavy atom. The van der Waals surface area contributed by atoms with Crippen LogP contribution in [0.1, 0.15) is 26.7 Å². The van der Waals surface area contributed by atoms with Crippen LogP contribution < -0.4 is 4.72 Å². The molecule has 1 saturated heterocycles. The van der Waals surface area contributed by atoms with E-state index in [4.69, 9.17) is 0 Å². The highest BCUT2D eigenvalue weighted by molar-refractivity contribution is 7.99. The first-order valence-corrected chi connectivity index (χ1v) is 5.32. The number of hydrogen-bond donors (Lipinski definition) is 1. The van der Waals surface area contributed by atoms with Crippen LogP contribution >= 0.6 is 11.9 Å². The lowest BCUT2D eigenvalue weighted by Crippen LogP contribution is -2.22. The maximum atomic E-state index is 4.08. The van der Waals surface area contributed by atoms with E-state index in [0.29, 0.717) is 5.15 Å². The van der Waals surface area contributed by atoms with Crippen molar-refractivity contribution in [3.05, 3.63) is 23.4 Å². The Bertz CT molecular complexity index is 223. The van der Waals surface area contributed by atoms with Crippen molar-refractivity contribution >= 4 is 19.8 Å². The molecule has 0 amide bonds. The van der Waals surface area contributed by atoms with Crippen LogP contribution in [0.25, 0.3) is 0 Å². The summed E-state index contributed by atoms with van der Waals surface area (Å²) < 4.78 is 3.37. The van der Waals surface area contributed by atoms with Gasteiger partial charge in [0, 0.05) is 5.70 Å². The summed E-state index contributed by atoms with van der Waals surface area (Å²) in [5.74, 6) is 0.